The molecule has 0 aliphatic carbocycles. The van der Waals surface area contributed by atoms with Crippen molar-refractivity contribution in [3.05, 3.63) is 12.8 Å². The van der Waals surface area contributed by atoms with Gasteiger partial charge in [-0.2, -0.15) is 0 Å². The van der Waals surface area contributed by atoms with Gasteiger partial charge in [0, 0.05) is 0 Å². The SMILES string of the molecule is C=COC(C)C(COP(=O)(O)O)OP(=O)(O)O.O=P(O)(O)O. The lowest BCUT2D eigenvalue weighted by Gasteiger charge is -2.23. The first kappa shape index (κ1) is 24.1. The van der Waals surface area contributed by atoms with E-state index in [0.717, 1.165) is 6.26 Å². The lowest BCUT2D eigenvalue weighted by molar-refractivity contribution is -0.0116. The number of ether oxygens (including phenoxy) is 1. The fraction of sp³-hybridized carbons (Fsp3) is 0.667. The highest BCUT2D eigenvalue weighted by Crippen LogP contribution is 2.41. The standard InChI is InChI=1S/C6H14O9P2.H3O4P/c1-3-13-5(2)6(15-17(10,11)12)4-14-16(7,8)9;1-5(2,3)4/h3,5-6H,1,4H2,2H3,(H2,7,8,9)(H2,10,11,12);(H3,1,2,3,4). The van der Waals surface area contributed by atoms with Crippen molar-refractivity contribution in [2.45, 2.75) is 19.1 Å². The van der Waals surface area contributed by atoms with Crippen molar-refractivity contribution in [3.8, 4) is 0 Å². The summed E-state index contributed by atoms with van der Waals surface area (Å²) in [5.41, 5.74) is 0. The van der Waals surface area contributed by atoms with Crippen LogP contribution in [0.15, 0.2) is 12.8 Å². The molecule has 16 heteroatoms. The first-order valence-corrected chi connectivity index (χ1v) is 9.66. The maximum atomic E-state index is 10.6. The Morgan fingerprint density at radius 2 is 1.41 bits per heavy atom. The summed E-state index contributed by atoms with van der Waals surface area (Å²) in [5.74, 6) is 0. The van der Waals surface area contributed by atoms with Gasteiger partial charge in [-0.15, -0.1) is 0 Å². The Morgan fingerprint density at radius 1 is 1.00 bits per heavy atom. The summed E-state index contributed by atoms with van der Waals surface area (Å²) >= 11 is 0. The van der Waals surface area contributed by atoms with E-state index in [9.17, 15) is 9.13 Å². The van der Waals surface area contributed by atoms with E-state index in [4.69, 9.17) is 43.6 Å². The minimum absolute atomic E-state index is 0.746. The molecule has 0 saturated carbocycles. The zero-order valence-corrected chi connectivity index (χ0v) is 13.8. The Balaban J connectivity index is 0. The molecule has 0 aromatic heterocycles. The summed E-state index contributed by atoms with van der Waals surface area (Å²) in [6.07, 6.45) is -1.27. The topological polar surface area (TPSA) is 221 Å². The molecule has 0 aromatic carbocycles. The second kappa shape index (κ2) is 9.89. The van der Waals surface area contributed by atoms with Gasteiger partial charge in [0.05, 0.1) is 12.9 Å². The Kier molecular flexibility index (Phi) is 10.8. The van der Waals surface area contributed by atoms with E-state index in [1.54, 1.807) is 0 Å². The van der Waals surface area contributed by atoms with E-state index < -0.39 is 42.3 Å². The monoisotopic (exact) mass is 390 g/mol. The van der Waals surface area contributed by atoms with E-state index in [1.807, 2.05) is 0 Å². The largest absolute Gasteiger partial charge is 0.496 e. The van der Waals surface area contributed by atoms with Crippen LogP contribution < -0.4 is 0 Å². The minimum atomic E-state index is -4.83. The minimum Gasteiger partial charge on any atom is -0.496 e. The fourth-order valence-electron chi connectivity index (χ4n) is 0.838. The molecular weight excluding hydrogens is 373 g/mol. The molecule has 0 rings (SSSR count). The number of phosphoric acid groups is 3. The molecule has 0 aliphatic heterocycles. The van der Waals surface area contributed by atoms with Gasteiger partial charge in [-0.05, 0) is 6.92 Å². The normalized spacial score (nSPS) is 15.3. The summed E-state index contributed by atoms with van der Waals surface area (Å²) in [6.45, 7) is 3.84. The smallest absolute Gasteiger partial charge is 0.470 e. The average molecular weight is 390 g/mol. The molecule has 134 valence electrons. The van der Waals surface area contributed by atoms with Crippen molar-refractivity contribution >= 4 is 23.5 Å². The molecular formula is C6H17O13P3. The third-order valence-electron chi connectivity index (χ3n) is 1.51. The lowest BCUT2D eigenvalue weighted by Crippen LogP contribution is -2.31. The van der Waals surface area contributed by atoms with Crippen LogP contribution in [0.5, 0.6) is 0 Å². The van der Waals surface area contributed by atoms with E-state index >= 15 is 0 Å². The van der Waals surface area contributed by atoms with Crippen LogP contribution in [0.25, 0.3) is 0 Å². The van der Waals surface area contributed by atoms with Gasteiger partial charge in [-0.1, -0.05) is 6.58 Å². The van der Waals surface area contributed by atoms with E-state index in [1.165, 1.54) is 6.92 Å². The van der Waals surface area contributed by atoms with Crippen molar-refractivity contribution < 1.29 is 61.7 Å². The number of hydrogen-bond acceptors (Lipinski definition) is 6. The molecule has 0 aliphatic rings. The highest BCUT2D eigenvalue weighted by Gasteiger charge is 2.30. The molecule has 0 spiro atoms. The van der Waals surface area contributed by atoms with E-state index in [2.05, 4.69) is 15.6 Å². The van der Waals surface area contributed by atoms with Gasteiger partial charge < -0.3 is 39.0 Å². The molecule has 0 saturated heterocycles. The van der Waals surface area contributed by atoms with Crippen molar-refractivity contribution in [1.82, 2.24) is 0 Å². The third kappa shape index (κ3) is 22.2. The second-order valence-corrected chi connectivity index (χ2v) is 6.90. The molecule has 7 N–H and O–H groups in total. The van der Waals surface area contributed by atoms with Crippen LogP contribution in [0.3, 0.4) is 0 Å². The highest BCUT2D eigenvalue weighted by atomic mass is 31.2. The number of hydrogen-bond donors (Lipinski definition) is 7. The summed E-state index contributed by atoms with van der Waals surface area (Å²) in [5, 5.41) is 0. The van der Waals surface area contributed by atoms with Crippen LogP contribution in [0.2, 0.25) is 0 Å². The van der Waals surface area contributed by atoms with E-state index in [-0.39, 0.29) is 0 Å². The van der Waals surface area contributed by atoms with Crippen LogP contribution in [-0.4, -0.2) is 53.1 Å². The van der Waals surface area contributed by atoms with Gasteiger partial charge in [0.2, 0.25) is 0 Å². The van der Waals surface area contributed by atoms with Crippen molar-refractivity contribution in [2.75, 3.05) is 6.61 Å². The molecule has 2 atom stereocenters. The summed E-state index contributed by atoms with van der Waals surface area (Å²) in [7, 11) is -14.2. The molecule has 13 nitrogen and oxygen atoms in total. The van der Waals surface area contributed by atoms with Crippen LogP contribution in [0, 0.1) is 0 Å². The lowest BCUT2D eigenvalue weighted by atomic mass is 10.2. The Labute approximate surface area is 124 Å². The molecule has 0 fully saturated rings. The van der Waals surface area contributed by atoms with Crippen molar-refractivity contribution in [1.29, 1.82) is 0 Å². The van der Waals surface area contributed by atoms with Gasteiger partial charge in [-0.25, -0.2) is 13.7 Å². The highest BCUT2D eigenvalue weighted by molar-refractivity contribution is 7.46. The Hall–Kier alpha value is -0.130. The van der Waals surface area contributed by atoms with Crippen LogP contribution in [0.1, 0.15) is 6.92 Å². The van der Waals surface area contributed by atoms with Crippen LogP contribution in [-0.2, 0) is 27.5 Å². The molecule has 0 aromatic rings. The van der Waals surface area contributed by atoms with E-state index in [0.29, 0.717) is 0 Å². The fourth-order valence-corrected chi connectivity index (χ4v) is 1.76. The summed E-state index contributed by atoms with van der Waals surface area (Å²) in [6, 6.07) is 0. The molecule has 0 heterocycles. The molecule has 0 radical (unpaired) electrons. The van der Waals surface area contributed by atoms with Crippen molar-refractivity contribution in [3.63, 3.8) is 0 Å². The quantitative estimate of drug-likeness (QED) is 0.199. The van der Waals surface area contributed by atoms with Gasteiger partial charge >= 0.3 is 23.5 Å². The Bertz CT molecular complexity index is 450. The van der Waals surface area contributed by atoms with Gasteiger partial charge in [0.25, 0.3) is 0 Å². The van der Waals surface area contributed by atoms with Gasteiger partial charge in [-0.3, -0.25) is 9.05 Å². The molecule has 0 bridgehead atoms. The van der Waals surface area contributed by atoms with Gasteiger partial charge in [0.1, 0.15) is 12.2 Å². The first-order chi connectivity index (χ1) is 9.55. The molecule has 22 heavy (non-hydrogen) atoms. The summed E-state index contributed by atoms with van der Waals surface area (Å²) in [4.78, 5) is 55.7. The van der Waals surface area contributed by atoms with Crippen LogP contribution in [0.4, 0.5) is 0 Å². The van der Waals surface area contributed by atoms with Gasteiger partial charge in [0.15, 0.2) is 0 Å². The molecule has 0 amide bonds. The van der Waals surface area contributed by atoms with Crippen LogP contribution >= 0.6 is 23.5 Å². The maximum absolute atomic E-state index is 10.6. The van der Waals surface area contributed by atoms with Crippen molar-refractivity contribution in [2.24, 2.45) is 0 Å². The third-order valence-corrected chi connectivity index (χ3v) is 2.54. The second-order valence-electron chi connectivity index (χ2n) is 3.44. The Morgan fingerprint density at radius 3 is 1.68 bits per heavy atom. The predicted octanol–water partition coefficient (Wildman–Crippen LogP) is -0.806. The zero-order chi connectivity index (χ0) is 18.2. The average Bonchev–Trinajstić information content (AvgIpc) is 2.19. The number of phosphoric ester groups is 2. The summed E-state index contributed by atoms with van der Waals surface area (Å²) < 4.78 is 43.1. The zero-order valence-electron chi connectivity index (χ0n) is 11.1. The predicted molar refractivity (Wildman–Crippen MR) is 69.9 cm³/mol. The first-order valence-electron chi connectivity index (χ1n) is 5.04. The molecule has 2 unspecified atom stereocenters. The number of rotatable bonds is 8. The maximum Gasteiger partial charge on any atom is 0.470 e.